The summed E-state index contributed by atoms with van der Waals surface area (Å²) in [5.41, 5.74) is 5.28. The van der Waals surface area contributed by atoms with Gasteiger partial charge in [-0.3, -0.25) is 4.79 Å². The van der Waals surface area contributed by atoms with Crippen LogP contribution in [0.15, 0.2) is 76.2 Å². The van der Waals surface area contributed by atoms with Crippen molar-refractivity contribution < 1.29 is 15.0 Å². The highest BCUT2D eigenvalue weighted by atomic mass is 32.2. The molecule has 0 spiro atoms. The summed E-state index contributed by atoms with van der Waals surface area (Å²) in [7, 11) is 0. The second-order valence-corrected chi connectivity index (χ2v) is 8.60. The number of rotatable bonds is 6. The van der Waals surface area contributed by atoms with Gasteiger partial charge in [0.25, 0.3) is 5.91 Å². The lowest BCUT2D eigenvalue weighted by molar-refractivity contribution is 0.0955. The summed E-state index contributed by atoms with van der Waals surface area (Å²) in [6.07, 6.45) is 1.27. The number of aromatic hydroxyl groups is 2. The molecule has 4 rings (SSSR count). The quantitative estimate of drug-likeness (QED) is 0.176. The lowest BCUT2D eigenvalue weighted by Crippen LogP contribution is -2.17. The number of hydrogen-bond donors (Lipinski definition) is 3. The van der Waals surface area contributed by atoms with Crippen LogP contribution in [-0.2, 0) is 5.75 Å². The molecule has 3 aromatic carbocycles. The van der Waals surface area contributed by atoms with Crippen molar-refractivity contribution in [3.63, 3.8) is 0 Å². The van der Waals surface area contributed by atoms with Gasteiger partial charge in [0, 0.05) is 16.9 Å². The van der Waals surface area contributed by atoms with Crippen molar-refractivity contribution in [1.29, 1.82) is 0 Å². The molecule has 1 amide bonds. The summed E-state index contributed by atoms with van der Waals surface area (Å²) >= 11 is 3.34. The number of carbonyl (C=O) groups is 1. The van der Waals surface area contributed by atoms with Gasteiger partial charge in [0.2, 0.25) is 0 Å². The molecule has 0 unspecified atom stereocenters. The van der Waals surface area contributed by atoms with Crippen molar-refractivity contribution >= 4 is 45.4 Å². The fourth-order valence-corrected chi connectivity index (χ4v) is 4.71. The van der Waals surface area contributed by atoms with E-state index in [0.717, 1.165) is 21.2 Å². The molecule has 30 heavy (non-hydrogen) atoms. The van der Waals surface area contributed by atoms with Crippen LogP contribution in [0.3, 0.4) is 0 Å². The molecule has 3 N–H and O–H groups in total. The zero-order valence-electron chi connectivity index (χ0n) is 15.6. The second kappa shape index (κ2) is 8.98. The molecule has 0 saturated heterocycles. The predicted molar refractivity (Wildman–Crippen MR) is 120 cm³/mol. The van der Waals surface area contributed by atoms with Crippen molar-refractivity contribution in [2.45, 2.75) is 10.1 Å². The zero-order valence-corrected chi connectivity index (χ0v) is 17.3. The Labute approximate surface area is 180 Å². The van der Waals surface area contributed by atoms with E-state index in [0.29, 0.717) is 11.1 Å². The molecular formula is C22H17N3O3S2. The Bertz CT molecular complexity index is 1190. The van der Waals surface area contributed by atoms with E-state index in [1.54, 1.807) is 47.4 Å². The van der Waals surface area contributed by atoms with Gasteiger partial charge in [0.1, 0.15) is 0 Å². The third-order valence-electron chi connectivity index (χ3n) is 4.27. The van der Waals surface area contributed by atoms with Crippen LogP contribution in [0, 0.1) is 0 Å². The Morgan fingerprint density at radius 2 is 1.87 bits per heavy atom. The Kier molecular flexibility index (Phi) is 5.97. The molecular weight excluding hydrogens is 418 g/mol. The van der Waals surface area contributed by atoms with Gasteiger partial charge >= 0.3 is 0 Å². The molecule has 0 aliphatic rings. The Morgan fingerprint density at radius 3 is 2.67 bits per heavy atom. The Morgan fingerprint density at radius 1 is 1.07 bits per heavy atom. The minimum absolute atomic E-state index is 0.246. The first kappa shape index (κ1) is 19.9. The topological polar surface area (TPSA) is 94.8 Å². The van der Waals surface area contributed by atoms with Crippen LogP contribution in [0.1, 0.15) is 21.5 Å². The van der Waals surface area contributed by atoms with Crippen molar-refractivity contribution in [2.75, 3.05) is 0 Å². The Hall–Kier alpha value is -3.36. The molecule has 150 valence electrons. The van der Waals surface area contributed by atoms with Crippen LogP contribution in [0.25, 0.3) is 10.2 Å². The number of nitrogens with zero attached hydrogens (tertiary/aromatic N) is 2. The maximum absolute atomic E-state index is 12.2. The van der Waals surface area contributed by atoms with E-state index in [1.165, 1.54) is 17.0 Å². The van der Waals surface area contributed by atoms with E-state index < -0.39 is 0 Å². The fourth-order valence-electron chi connectivity index (χ4n) is 2.69. The standard InChI is InChI=1S/C22H17N3O3S2/c26-18-6-3-4-16(20(18)27)12-23-25-21(28)15-10-8-14(9-11-15)13-29-22-24-17-5-1-2-7-19(17)30-22/h1-12,26-27H,13H2,(H,25,28)/b23-12+. The van der Waals surface area contributed by atoms with Crippen LogP contribution >= 0.6 is 23.1 Å². The number of para-hydroxylation sites is 2. The molecule has 0 atom stereocenters. The third-order valence-corrected chi connectivity index (χ3v) is 6.52. The van der Waals surface area contributed by atoms with E-state index in [-0.39, 0.29) is 17.4 Å². The number of hydrogen-bond acceptors (Lipinski definition) is 7. The molecule has 8 heteroatoms. The number of carbonyl (C=O) groups excluding carboxylic acids is 1. The summed E-state index contributed by atoms with van der Waals surface area (Å²) < 4.78 is 2.19. The normalized spacial score (nSPS) is 11.2. The van der Waals surface area contributed by atoms with Gasteiger partial charge < -0.3 is 10.2 Å². The second-order valence-electron chi connectivity index (χ2n) is 6.35. The van der Waals surface area contributed by atoms with Gasteiger partial charge in [0.05, 0.1) is 16.4 Å². The Balaban J connectivity index is 1.33. The first-order chi connectivity index (χ1) is 14.6. The van der Waals surface area contributed by atoms with Crippen molar-refractivity contribution in [3.8, 4) is 11.5 Å². The van der Waals surface area contributed by atoms with Gasteiger partial charge in [-0.2, -0.15) is 5.10 Å². The van der Waals surface area contributed by atoms with Gasteiger partial charge in [-0.1, -0.05) is 42.1 Å². The van der Waals surface area contributed by atoms with E-state index >= 15 is 0 Å². The van der Waals surface area contributed by atoms with Gasteiger partial charge in [0.15, 0.2) is 15.8 Å². The van der Waals surface area contributed by atoms with Crippen LogP contribution in [0.5, 0.6) is 11.5 Å². The molecule has 0 bridgehead atoms. The zero-order chi connectivity index (χ0) is 20.9. The maximum Gasteiger partial charge on any atom is 0.271 e. The van der Waals surface area contributed by atoms with Crippen molar-refractivity contribution in [2.24, 2.45) is 5.10 Å². The van der Waals surface area contributed by atoms with Gasteiger partial charge in [-0.25, -0.2) is 10.4 Å². The summed E-state index contributed by atoms with van der Waals surface area (Å²) in [6.45, 7) is 0. The average molecular weight is 436 g/mol. The first-order valence-electron chi connectivity index (χ1n) is 9.02. The van der Waals surface area contributed by atoms with E-state index in [4.69, 9.17) is 0 Å². The van der Waals surface area contributed by atoms with E-state index in [1.807, 2.05) is 30.3 Å². The predicted octanol–water partition coefficient (Wildman–Crippen LogP) is 4.76. The summed E-state index contributed by atoms with van der Waals surface area (Å²) in [4.78, 5) is 16.8. The molecule has 0 saturated carbocycles. The molecule has 0 aliphatic heterocycles. The SMILES string of the molecule is O=C(N/N=C/c1cccc(O)c1O)c1ccc(CSc2nc3ccccc3s2)cc1. The van der Waals surface area contributed by atoms with Crippen molar-refractivity contribution in [3.05, 3.63) is 83.4 Å². The molecule has 0 aliphatic carbocycles. The molecule has 0 fully saturated rings. The number of phenolic OH excluding ortho intramolecular Hbond substituents is 2. The number of hydrazone groups is 1. The number of thiazole rings is 1. The number of amides is 1. The lowest BCUT2D eigenvalue weighted by atomic mass is 10.1. The summed E-state index contributed by atoms with van der Waals surface area (Å²) in [5.74, 6) is -0.136. The highest BCUT2D eigenvalue weighted by molar-refractivity contribution is 8.00. The molecule has 6 nitrogen and oxygen atoms in total. The average Bonchev–Trinajstić information content (AvgIpc) is 3.18. The largest absolute Gasteiger partial charge is 0.504 e. The molecule has 1 aromatic heterocycles. The van der Waals surface area contributed by atoms with Crippen LogP contribution in [0.2, 0.25) is 0 Å². The highest BCUT2D eigenvalue weighted by Gasteiger charge is 2.07. The number of fused-ring (bicyclic) bond motifs is 1. The number of phenols is 2. The van der Waals surface area contributed by atoms with E-state index in [9.17, 15) is 15.0 Å². The minimum Gasteiger partial charge on any atom is -0.504 e. The third kappa shape index (κ3) is 4.61. The van der Waals surface area contributed by atoms with Crippen LogP contribution in [-0.4, -0.2) is 27.3 Å². The first-order valence-corrected chi connectivity index (χ1v) is 10.8. The molecule has 0 radical (unpaired) electrons. The lowest BCUT2D eigenvalue weighted by Gasteiger charge is -2.03. The van der Waals surface area contributed by atoms with E-state index in [2.05, 4.69) is 21.6 Å². The fraction of sp³-hybridized carbons (Fsp3) is 0.0455. The van der Waals surface area contributed by atoms with Gasteiger partial charge in [-0.05, 0) is 42.0 Å². The number of aromatic nitrogens is 1. The van der Waals surface area contributed by atoms with Crippen LogP contribution < -0.4 is 5.43 Å². The number of benzene rings is 3. The van der Waals surface area contributed by atoms with Crippen LogP contribution in [0.4, 0.5) is 0 Å². The maximum atomic E-state index is 12.2. The number of nitrogens with one attached hydrogen (secondary N) is 1. The minimum atomic E-state index is -0.365. The summed E-state index contributed by atoms with van der Waals surface area (Å²) in [6, 6.07) is 19.9. The highest BCUT2D eigenvalue weighted by Crippen LogP contribution is 2.31. The molecule has 4 aromatic rings. The monoisotopic (exact) mass is 435 g/mol. The van der Waals surface area contributed by atoms with Crippen molar-refractivity contribution in [1.82, 2.24) is 10.4 Å². The van der Waals surface area contributed by atoms with Gasteiger partial charge in [-0.15, -0.1) is 11.3 Å². The smallest absolute Gasteiger partial charge is 0.271 e. The number of thioether (sulfide) groups is 1. The molecule has 1 heterocycles. The summed E-state index contributed by atoms with van der Waals surface area (Å²) in [5, 5.41) is 23.0.